The highest BCUT2D eigenvalue weighted by molar-refractivity contribution is 6.14. The molecule has 0 saturated heterocycles. The van der Waals surface area contributed by atoms with E-state index in [0.29, 0.717) is 29.0 Å². The van der Waals surface area contributed by atoms with Crippen LogP contribution in [0, 0.1) is 0 Å². The van der Waals surface area contributed by atoms with Crippen molar-refractivity contribution >= 4 is 34.3 Å². The maximum Gasteiger partial charge on any atom is 0.411 e. The number of ether oxygens (including phenoxy) is 2. The second kappa shape index (κ2) is 8.27. The standard InChI is InChI=1S/C20H20N2O5/c1-3-25-16-12-8-6-10-14(16)21-19(23)18-17(22-20(24)26-4-2)13-9-5-7-11-15(13)27-18/h5-12H,3-4H2,1-2H3,(H,21,23)(H,22,24). The Morgan fingerprint density at radius 2 is 1.70 bits per heavy atom. The Hall–Kier alpha value is -3.48. The first-order valence-corrected chi connectivity index (χ1v) is 8.62. The number of carbonyl (C=O) groups is 2. The molecule has 1 aromatic heterocycles. The van der Waals surface area contributed by atoms with E-state index in [1.54, 1.807) is 49.4 Å². The van der Waals surface area contributed by atoms with Crippen molar-refractivity contribution in [2.24, 2.45) is 0 Å². The van der Waals surface area contributed by atoms with Crippen LogP contribution in [0.2, 0.25) is 0 Å². The van der Waals surface area contributed by atoms with Crippen LogP contribution < -0.4 is 15.4 Å². The fourth-order valence-corrected chi connectivity index (χ4v) is 2.63. The van der Waals surface area contributed by atoms with Crippen molar-refractivity contribution < 1.29 is 23.5 Å². The number of fused-ring (bicyclic) bond motifs is 1. The third-order valence-electron chi connectivity index (χ3n) is 3.74. The smallest absolute Gasteiger partial charge is 0.411 e. The summed E-state index contributed by atoms with van der Waals surface area (Å²) in [4.78, 5) is 24.7. The SMILES string of the molecule is CCOC(=O)Nc1c(C(=O)Nc2ccccc2OCC)oc2ccccc12. The van der Waals surface area contributed by atoms with E-state index >= 15 is 0 Å². The van der Waals surface area contributed by atoms with Crippen LogP contribution in [0.5, 0.6) is 5.75 Å². The molecule has 0 aliphatic heterocycles. The first kappa shape index (κ1) is 18.3. The Labute approximate surface area is 156 Å². The van der Waals surface area contributed by atoms with Gasteiger partial charge >= 0.3 is 6.09 Å². The van der Waals surface area contributed by atoms with E-state index in [1.165, 1.54) is 0 Å². The highest BCUT2D eigenvalue weighted by atomic mass is 16.5. The van der Waals surface area contributed by atoms with Crippen molar-refractivity contribution in [3.63, 3.8) is 0 Å². The Kier molecular flexibility index (Phi) is 5.61. The summed E-state index contributed by atoms with van der Waals surface area (Å²) in [5.74, 6) is 0.0186. The molecule has 1 heterocycles. The number of para-hydroxylation sites is 3. The first-order chi connectivity index (χ1) is 13.1. The molecule has 0 atom stereocenters. The van der Waals surface area contributed by atoms with Crippen LogP contribution in [0.3, 0.4) is 0 Å². The Bertz CT molecular complexity index is 964. The fourth-order valence-electron chi connectivity index (χ4n) is 2.63. The van der Waals surface area contributed by atoms with E-state index in [2.05, 4.69) is 10.6 Å². The minimum Gasteiger partial charge on any atom is -0.492 e. The van der Waals surface area contributed by atoms with E-state index in [9.17, 15) is 9.59 Å². The van der Waals surface area contributed by atoms with E-state index in [0.717, 1.165) is 0 Å². The predicted molar refractivity (Wildman–Crippen MR) is 102 cm³/mol. The lowest BCUT2D eigenvalue weighted by atomic mass is 10.2. The van der Waals surface area contributed by atoms with Crippen LogP contribution in [-0.2, 0) is 4.74 Å². The monoisotopic (exact) mass is 368 g/mol. The summed E-state index contributed by atoms with van der Waals surface area (Å²) in [6, 6.07) is 14.1. The summed E-state index contributed by atoms with van der Waals surface area (Å²) in [6.45, 7) is 4.24. The van der Waals surface area contributed by atoms with E-state index < -0.39 is 12.0 Å². The summed E-state index contributed by atoms with van der Waals surface area (Å²) < 4.78 is 16.1. The molecule has 0 saturated carbocycles. The minimum absolute atomic E-state index is 0.0180. The summed E-state index contributed by atoms with van der Waals surface area (Å²) in [5, 5.41) is 5.97. The average Bonchev–Trinajstić information content (AvgIpc) is 3.02. The van der Waals surface area contributed by atoms with Crippen LogP contribution in [0.25, 0.3) is 11.0 Å². The van der Waals surface area contributed by atoms with Crippen LogP contribution >= 0.6 is 0 Å². The lowest BCUT2D eigenvalue weighted by Crippen LogP contribution is -2.18. The number of benzene rings is 2. The van der Waals surface area contributed by atoms with Crippen molar-refractivity contribution in [1.29, 1.82) is 0 Å². The van der Waals surface area contributed by atoms with Gasteiger partial charge in [0.05, 0.1) is 18.9 Å². The van der Waals surface area contributed by atoms with Gasteiger partial charge in [-0.05, 0) is 38.1 Å². The average molecular weight is 368 g/mol. The van der Waals surface area contributed by atoms with Crippen molar-refractivity contribution in [2.75, 3.05) is 23.8 Å². The molecule has 0 aliphatic rings. The molecule has 2 amide bonds. The lowest BCUT2D eigenvalue weighted by Gasteiger charge is -2.11. The number of hydrogen-bond acceptors (Lipinski definition) is 5. The molecule has 0 spiro atoms. The van der Waals surface area contributed by atoms with Crippen LogP contribution in [0.15, 0.2) is 52.9 Å². The second-order valence-electron chi connectivity index (χ2n) is 5.53. The number of nitrogens with one attached hydrogen (secondary N) is 2. The maximum absolute atomic E-state index is 12.8. The van der Waals surface area contributed by atoms with Gasteiger partial charge in [-0.15, -0.1) is 0 Å². The third kappa shape index (κ3) is 4.03. The van der Waals surface area contributed by atoms with Gasteiger partial charge in [0.1, 0.15) is 17.0 Å². The summed E-state index contributed by atoms with van der Waals surface area (Å²) in [7, 11) is 0. The van der Waals surface area contributed by atoms with Gasteiger partial charge in [0.25, 0.3) is 5.91 Å². The van der Waals surface area contributed by atoms with Crippen LogP contribution in [0.4, 0.5) is 16.2 Å². The number of carbonyl (C=O) groups excluding carboxylic acids is 2. The van der Waals surface area contributed by atoms with Gasteiger partial charge in [0.15, 0.2) is 0 Å². The third-order valence-corrected chi connectivity index (χ3v) is 3.74. The molecule has 7 nitrogen and oxygen atoms in total. The van der Waals surface area contributed by atoms with Crippen molar-refractivity contribution in [2.45, 2.75) is 13.8 Å². The van der Waals surface area contributed by atoms with Gasteiger partial charge in [-0.1, -0.05) is 24.3 Å². The predicted octanol–water partition coefficient (Wildman–Crippen LogP) is 4.65. The summed E-state index contributed by atoms with van der Waals surface area (Å²) in [6.07, 6.45) is -0.659. The molecular formula is C20H20N2O5. The number of furan rings is 1. The Balaban J connectivity index is 1.95. The van der Waals surface area contributed by atoms with Crippen molar-refractivity contribution in [1.82, 2.24) is 0 Å². The lowest BCUT2D eigenvalue weighted by molar-refractivity contribution is 0.0999. The van der Waals surface area contributed by atoms with E-state index in [4.69, 9.17) is 13.9 Å². The Morgan fingerprint density at radius 1 is 0.963 bits per heavy atom. The molecule has 0 radical (unpaired) electrons. The van der Waals surface area contributed by atoms with Gasteiger partial charge in [0.2, 0.25) is 5.76 Å². The van der Waals surface area contributed by atoms with Crippen molar-refractivity contribution in [3.8, 4) is 5.75 Å². The molecule has 27 heavy (non-hydrogen) atoms. The van der Waals surface area contributed by atoms with E-state index in [-0.39, 0.29) is 18.1 Å². The van der Waals surface area contributed by atoms with Gasteiger partial charge in [-0.25, -0.2) is 4.79 Å². The zero-order valence-electron chi connectivity index (χ0n) is 15.1. The molecule has 0 unspecified atom stereocenters. The second-order valence-corrected chi connectivity index (χ2v) is 5.53. The molecule has 0 aliphatic carbocycles. The molecule has 0 bridgehead atoms. The molecule has 3 aromatic rings. The number of anilines is 2. The minimum atomic E-state index is -0.659. The molecule has 0 fully saturated rings. The fraction of sp³-hybridized carbons (Fsp3) is 0.200. The molecule has 2 aromatic carbocycles. The number of rotatable bonds is 6. The number of amides is 2. The largest absolute Gasteiger partial charge is 0.492 e. The molecule has 3 rings (SSSR count). The first-order valence-electron chi connectivity index (χ1n) is 8.62. The van der Waals surface area contributed by atoms with Crippen LogP contribution in [-0.4, -0.2) is 25.2 Å². The summed E-state index contributed by atoms with van der Waals surface area (Å²) >= 11 is 0. The quantitative estimate of drug-likeness (QED) is 0.661. The van der Waals surface area contributed by atoms with Gasteiger partial charge in [-0.2, -0.15) is 0 Å². The van der Waals surface area contributed by atoms with Crippen LogP contribution in [0.1, 0.15) is 24.4 Å². The maximum atomic E-state index is 12.8. The highest BCUT2D eigenvalue weighted by Crippen LogP contribution is 2.32. The van der Waals surface area contributed by atoms with Gasteiger partial charge in [-0.3, -0.25) is 10.1 Å². The summed E-state index contributed by atoms with van der Waals surface area (Å²) in [5.41, 5.74) is 1.25. The molecule has 2 N–H and O–H groups in total. The topological polar surface area (TPSA) is 89.8 Å². The Morgan fingerprint density at radius 3 is 2.48 bits per heavy atom. The molecular weight excluding hydrogens is 348 g/mol. The van der Waals surface area contributed by atoms with Gasteiger partial charge < -0.3 is 19.2 Å². The molecule has 7 heteroatoms. The molecule has 140 valence electrons. The van der Waals surface area contributed by atoms with Crippen molar-refractivity contribution in [3.05, 3.63) is 54.3 Å². The highest BCUT2D eigenvalue weighted by Gasteiger charge is 2.23. The number of hydrogen-bond donors (Lipinski definition) is 2. The zero-order chi connectivity index (χ0) is 19.2. The normalized spacial score (nSPS) is 10.4. The zero-order valence-corrected chi connectivity index (χ0v) is 15.1. The van der Waals surface area contributed by atoms with E-state index in [1.807, 2.05) is 13.0 Å². The van der Waals surface area contributed by atoms with Gasteiger partial charge in [0, 0.05) is 5.39 Å².